The van der Waals surface area contributed by atoms with Crippen LogP contribution in [0.3, 0.4) is 0 Å². The number of ether oxygens (including phenoxy) is 1. The van der Waals surface area contributed by atoms with Gasteiger partial charge in [0, 0.05) is 30.7 Å². The molecule has 0 bridgehead atoms. The summed E-state index contributed by atoms with van der Waals surface area (Å²) < 4.78 is 20.4. The summed E-state index contributed by atoms with van der Waals surface area (Å²) in [5.74, 6) is 0.580. The van der Waals surface area contributed by atoms with Crippen molar-refractivity contribution in [1.29, 1.82) is 0 Å². The van der Waals surface area contributed by atoms with E-state index in [1.165, 1.54) is 12.3 Å². The van der Waals surface area contributed by atoms with Gasteiger partial charge in [-0.1, -0.05) is 6.07 Å². The predicted molar refractivity (Wildman–Crippen MR) is 127 cm³/mol. The fourth-order valence-electron chi connectivity index (χ4n) is 4.51. The first-order valence-electron chi connectivity index (χ1n) is 11.1. The third-order valence-corrected chi connectivity index (χ3v) is 6.35. The number of aldehydes is 1. The number of nitrogens with two attached hydrogens (primary N) is 1. The Morgan fingerprint density at radius 3 is 2.73 bits per heavy atom. The number of likely N-dealkylation sites (tertiary alicyclic amines) is 1. The van der Waals surface area contributed by atoms with Gasteiger partial charge in [0.05, 0.1) is 36.2 Å². The molecule has 0 saturated carbocycles. The van der Waals surface area contributed by atoms with Gasteiger partial charge >= 0.3 is 0 Å². The van der Waals surface area contributed by atoms with Crippen LogP contribution in [0.15, 0.2) is 36.5 Å². The monoisotopic (exact) mass is 452 g/mol. The number of fused-ring (bicyclic) bond motifs is 1. The van der Waals surface area contributed by atoms with Crippen LogP contribution in [0.1, 0.15) is 40.2 Å². The number of rotatable bonds is 8. The second-order valence-electron chi connectivity index (χ2n) is 8.30. The number of anilines is 2. The number of aliphatic hydroxyl groups excluding tert-OH is 1. The number of nitrogens with one attached hydrogen (secondary N) is 1. The van der Waals surface area contributed by atoms with E-state index in [0.717, 1.165) is 48.9 Å². The number of carbonyl (C=O) groups is 1. The standard InChI is InChI=1S/C25H29FN4O3/c1-33-24-12-23-20(11-19(24)17-4-6-30(7-5-17)8-9-31)25(18(15-32)14-28-23)29-22-3-2-16(13-27)10-21(22)26/h2-3,10-12,14-15,17,31H,4-9,13,27H2,1H3,(H,28,29). The number of nitrogens with zero attached hydrogens (tertiary/aromatic N) is 2. The molecule has 0 atom stereocenters. The Morgan fingerprint density at radius 1 is 1.30 bits per heavy atom. The summed E-state index contributed by atoms with van der Waals surface area (Å²) in [6.07, 6.45) is 4.07. The minimum absolute atomic E-state index is 0.155. The molecule has 2 heterocycles. The molecule has 3 aromatic rings. The maximum Gasteiger partial charge on any atom is 0.153 e. The van der Waals surface area contributed by atoms with E-state index in [1.54, 1.807) is 19.2 Å². The number of aliphatic hydroxyl groups is 1. The quantitative estimate of drug-likeness (QED) is 0.449. The van der Waals surface area contributed by atoms with Gasteiger partial charge < -0.3 is 25.8 Å². The molecule has 1 aliphatic rings. The summed E-state index contributed by atoms with van der Waals surface area (Å²) in [5, 5.41) is 13.1. The molecule has 4 rings (SSSR count). The van der Waals surface area contributed by atoms with Crippen molar-refractivity contribution >= 4 is 28.6 Å². The van der Waals surface area contributed by atoms with Crippen molar-refractivity contribution in [3.05, 3.63) is 59.0 Å². The number of halogens is 1. The molecule has 0 amide bonds. The van der Waals surface area contributed by atoms with Crippen LogP contribution in [0.5, 0.6) is 5.75 Å². The molecule has 174 valence electrons. The molecule has 1 aliphatic heterocycles. The Morgan fingerprint density at radius 2 is 2.09 bits per heavy atom. The van der Waals surface area contributed by atoms with Crippen molar-refractivity contribution in [3.8, 4) is 5.75 Å². The number of hydrogen-bond donors (Lipinski definition) is 3. The average molecular weight is 453 g/mol. The Hall–Kier alpha value is -3.07. The van der Waals surface area contributed by atoms with Crippen LogP contribution in [-0.2, 0) is 6.54 Å². The second kappa shape index (κ2) is 10.2. The Kier molecular flexibility index (Phi) is 7.17. The Balaban J connectivity index is 1.76. The number of aromatic nitrogens is 1. The molecule has 1 saturated heterocycles. The molecule has 33 heavy (non-hydrogen) atoms. The van der Waals surface area contributed by atoms with E-state index in [4.69, 9.17) is 10.5 Å². The minimum Gasteiger partial charge on any atom is -0.496 e. The molecular formula is C25H29FN4O3. The zero-order valence-electron chi connectivity index (χ0n) is 18.7. The molecule has 2 aromatic carbocycles. The van der Waals surface area contributed by atoms with Gasteiger partial charge in [-0.2, -0.15) is 0 Å². The van der Waals surface area contributed by atoms with Crippen molar-refractivity contribution in [1.82, 2.24) is 9.88 Å². The average Bonchev–Trinajstić information content (AvgIpc) is 2.85. The first kappa shape index (κ1) is 23.1. The molecule has 1 fully saturated rings. The van der Waals surface area contributed by atoms with E-state index in [0.29, 0.717) is 28.9 Å². The Labute approximate surface area is 192 Å². The normalized spacial score (nSPS) is 15.0. The highest BCUT2D eigenvalue weighted by Gasteiger charge is 2.24. The molecule has 7 nitrogen and oxygen atoms in total. The second-order valence-corrected chi connectivity index (χ2v) is 8.30. The van der Waals surface area contributed by atoms with E-state index < -0.39 is 5.82 Å². The maximum absolute atomic E-state index is 14.7. The van der Waals surface area contributed by atoms with Gasteiger partial charge in [0.1, 0.15) is 11.6 Å². The zero-order valence-corrected chi connectivity index (χ0v) is 18.7. The summed E-state index contributed by atoms with van der Waals surface area (Å²) >= 11 is 0. The van der Waals surface area contributed by atoms with Gasteiger partial charge in [-0.25, -0.2) is 4.39 Å². The lowest BCUT2D eigenvalue weighted by Crippen LogP contribution is -2.35. The maximum atomic E-state index is 14.7. The van der Waals surface area contributed by atoms with Crippen molar-refractivity contribution in [2.24, 2.45) is 5.73 Å². The number of methoxy groups -OCH3 is 1. The van der Waals surface area contributed by atoms with Crippen LogP contribution in [0.25, 0.3) is 10.9 Å². The van der Waals surface area contributed by atoms with Gasteiger partial charge in [0.2, 0.25) is 0 Å². The Bertz CT molecular complexity index is 1150. The number of piperidine rings is 1. The SMILES string of the molecule is COc1cc2ncc(C=O)c(Nc3ccc(CN)cc3F)c2cc1C1CCN(CCO)CC1. The number of pyridine rings is 1. The number of β-amino-alcohol motifs (C(OH)–C–C–N with tert-alkyl or cyclic N) is 1. The fraction of sp³-hybridized carbons (Fsp3) is 0.360. The topological polar surface area (TPSA) is 101 Å². The first-order chi connectivity index (χ1) is 16.1. The molecule has 4 N–H and O–H groups in total. The molecule has 0 spiro atoms. The summed E-state index contributed by atoms with van der Waals surface area (Å²) in [4.78, 5) is 18.5. The lowest BCUT2D eigenvalue weighted by Gasteiger charge is -2.32. The highest BCUT2D eigenvalue weighted by atomic mass is 19.1. The lowest BCUT2D eigenvalue weighted by atomic mass is 9.87. The smallest absolute Gasteiger partial charge is 0.153 e. The largest absolute Gasteiger partial charge is 0.496 e. The molecule has 8 heteroatoms. The number of hydrogen-bond acceptors (Lipinski definition) is 7. The summed E-state index contributed by atoms with van der Waals surface area (Å²) in [6.45, 7) is 2.86. The summed E-state index contributed by atoms with van der Waals surface area (Å²) in [6, 6.07) is 8.65. The minimum atomic E-state index is -0.440. The van der Waals surface area contributed by atoms with Crippen LogP contribution in [0.2, 0.25) is 0 Å². The van der Waals surface area contributed by atoms with E-state index in [2.05, 4.69) is 15.2 Å². The molecule has 1 aromatic heterocycles. The van der Waals surface area contributed by atoms with Crippen molar-refractivity contribution < 1.29 is 19.0 Å². The van der Waals surface area contributed by atoms with Gasteiger partial charge in [0.15, 0.2) is 6.29 Å². The van der Waals surface area contributed by atoms with E-state index in [1.807, 2.05) is 12.1 Å². The van der Waals surface area contributed by atoms with Gasteiger partial charge in [-0.05, 0) is 61.2 Å². The van der Waals surface area contributed by atoms with Crippen LogP contribution in [-0.4, -0.2) is 54.6 Å². The van der Waals surface area contributed by atoms with Crippen LogP contribution < -0.4 is 15.8 Å². The molecular weight excluding hydrogens is 423 g/mol. The van der Waals surface area contributed by atoms with E-state index in [9.17, 15) is 14.3 Å². The third-order valence-electron chi connectivity index (χ3n) is 6.35. The first-order valence-corrected chi connectivity index (χ1v) is 11.1. The highest BCUT2D eigenvalue weighted by Crippen LogP contribution is 2.39. The van der Waals surface area contributed by atoms with Gasteiger partial charge in [-0.3, -0.25) is 9.78 Å². The predicted octanol–water partition coefficient (Wildman–Crippen LogP) is 3.57. The summed E-state index contributed by atoms with van der Waals surface area (Å²) in [5.41, 5.74) is 9.11. The van der Waals surface area contributed by atoms with Crippen LogP contribution >= 0.6 is 0 Å². The zero-order chi connectivity index (χ0) is 23.4. The fourth-order valence-corrected chi connectivity index (χ4v) is 4.51. The van der Waals surface area contributed by atoms with Crippen molar-refractivity contribution in [2.75, 3.05) is 38.7 Å². The molecule has 0 radical (unpaired) electrons. The van der Waals surface area contributed by atoms with Crippen LogP contribution in [0, 0.1) is 5.82 Å². The third kappa shape index (κ3) is 4.83. The molecule has 0 unspecified atom stereocenters. The lowest BCUT2D eigenvalue weighted by molar-refractivity contribution is 0.112. The van der Waals surface area contributed by atoms with Crippen molar-refractivity contribution in [2.45, 2.75) is 25.3 Å². The number of carbonyl (C=O) groups excluding carboxylic acids is 1. The number of benzene rings is 2. The van der Waals surface area contributed by atoms with Crippen LogP contribution in [0.4, 0.5) is 15.8 Å². The highest BCUT2D eigenvalue weighted by molar-refractivity contribution is 6.02. The van der Waals surface area contributed by atoms with Gasteiger partial charge in [0.25, 0.3) is 0 Å². The van der Waals surface area contributed by atoms with E-state index >= 15 is 0 Å². The summed E-state index contributed by atoms with van der Waals surface area (Å²) in [7, 11) is 1.64. The van der Waals surface area contributed by atoms with Gasteiger partial charge in [-0.15, -0.1) is 0 Å². The molecule has 0 aliphatic carbocycles. The van der Waals surface area contributed by atoms with Crippen molar-refractivity contribution in [3.63, 3.8) is 0 Å². The van der Waals surface area contributed by atoms with E-state index in [-0.39, 0.29) is 24.8 Å².